The summed E-state index contributed by atoms with van der Waals surface area (Å²) >= 11 is 0.612. The number of rotatable bonds is 9. The lowest BCUT2D eigenvalue weighted by atomic mass is 9.47. The number of fused-ring (bicyclic) bond motifs is 5. The Hall–Kier alpha value is -0.0600. The van der Waals surface area contributed by atoms with Gasteiger partial charge in [-0.05, 0) is 112 Å². The summed E-state index contributed by atoms with van der Waals surface area (Å²) in [6.07, 6.45) is 21.8. The van der Waals surface area contributed by atoms with Crippen LogP contribution in [0.3, 0.4) is 0 Å². The highest BCUT2D eigenvalue weighted by Gasteiger charge is 2.59. The van der Waals surface area contributed by atoms with Crippen LogP contribution in [0.2, 0.25) is 0 Å². The summed E-state index contributed by atoms with van der Waals surface area (Å²) in [6, 6.07) is 0. The Labute approximate surface area is 219 Å². The third-order valence-electron chi connectivity index (χ3n) is 11.4. The maximum Gasteiger partial charge on any atom is 0.157 e. The summed E-state index contributed by atoms with van der Waals surface area (Å²) < 4.78 is 26.4. The fourth-order valence-corrected chi connectivity index (χ4v) is 10.2. The van der Waals surface area contributed by atoms with Gasteiger partial charge in [0.1, 0.15) is 0 Å². The van der Waals surface area contributed by atoms with Crippen molar-refractivity contribution in [2.24, 2.45) is 40.4 Å². The van der Waals surface area contributed by atoms with Gasteiger partial charge in [-0.3, -0.25) is 0 Å². The molecule has 0 aromatic heterocycles. The van der Waals surface area contributed by atoms with Crippen LogP contribution in [-0.2, 0) is 9.47 Å². The van der Waals surface area contributed by atoms with Gasteiger partial charge in [0.15, 0.2) is 6.29 Å². The highest BCUT2D eigenvalue weighted by Crippen LogP contribution is 2.67. The Kier molecular flexibility index (Phi) is 8.61. The van der Waals surface area contributed by atoms with Crippen LogP contribution in [0, 0.1) is 40.4 Å². The maximum absolute atomic E-state index is 14.0. The second kappa shape index (κ2) is 11.4. The van der Waals surface area contributed by atoms with Gasteiger partial charge in [0, 0.05) is 29.9 Å². The summed E-state index contributed by atoms with van der Waals surface area (Å²) in [5, 5.41) is 0. The topological polar surface area (TPSA) is 18.5 Å². The average molecular weight is 507 g/mol. The molecule has 1 heterocycles. The number of allylic oxidation sites excluding steroid dienone is 1. The quantitative estimate of drug-likeness (QED) is 0.229. The van der Waals surface area contributed by atoms with Crippen LogP contribution in [0.1, 0.15) is 117 Å². The molecule has 0 aromatic carbocycles. The van der Waals surface area contributed by atoms with Gasteiger partial charge in [0.05, 0.1) is 6.10 Å². The lowest BCUT2D eigenvalue weighted by molar-refractivity contribution is -0.195. The minimum absolute atomic E-state index is 0.0138. The van der Waals surface area contributed by atoms with E-state index in [1.807, 2.05) is 0 Å². The molecule has 35 heavy (non-hydrogen) atoms. The van der Waals surface area contributed by atoms with E-state index in [-0.39, 0.29) is 17.8 Å². The van der Waals surface area contributed by atoms with Gasteiger partial charge in [0.25, 0.3) is 0 Å². The molecular formula is C31H51FO2S. The smallest absolute Gasteiger partial charge is 0.157 e. The number of hydrogen-bond donors (Lipinski definition) is 0. The number of halogens is 1. The second-order valence-electron chi connectivity index (χ2n) is 13.5. The van der Waals surface area contributed by atoms with Gasteiger partial charge < -0.3 is 9.47 Å². The monoisotopic (exact) mass is 506 g/mol. The van der Waals surface area contributed by atoms with E-state index in [0.717, 1.165) is 62.4 Å². The summed E-state index contributed by atoms with van der Waals surface area (Å²) in [7, 11) is 0. The molecule has 4 aliphatic carbocycles. The molecule has 0 spiro atoms. The maximum atomic E-state index is 14.0. The number of unbranched alkanes of at least 4 members (excludes halogenated alkanes) is 1. The van der Waals surface area contributed by atoms with E-state index < -0.39 is 0 Å². The van der Waals surface area contributed by atoms with Gasteiger partial charge >= 0.3 is 0 Å². The average Bonchev–Trinajstić information content (AvgIpc) is 3.19. The molecule has 8 atom stereocenters. The molecule has 5 rings (SSSR count). The van der Waals surface area contributed by atoms with E-state index >= 15 is 0 Å². The lowest BCUT2D eigenvalue weighted by Gasteiger charge is -2.59. The molecule has 3 saturated carbocycles. The highest BCUT2D eigenvalue weighted by atomic mass is 32.2. The van der Waals surface area contributed by atoms with Gasteiger partial charge in [-0.1, -0.05) is 51.7 Å². The van der Waals surface area contributed by atoms with Crippen molar-refractivity contribution in [3.8, 4) is 0 Å². The molecular weight excluding hydrogens is 455 g/mol. The molecule has 4 fully saturated rings. The predicted octanol–water partition coefficient (Wildman–Crippen LogP) is 9.29. The molecule has 4 heteroatoms. The van der Waals surface area contributed by atoms with Crippen LogP contribution in [0.25, 0.3) is 0 Å². The molecule has 1 aliphatic heterocycles. The zero-order chi connectivity index (χ0) is 24.5. The third-order valence-corrected chi connectivity index (χ3v) is 12.0. The molecule has 0 bridgehead atoms. The van der Waals surface area contributed by atoms with E-state index in [2.05, 4.69) is 26.8 Å². The fraction of sp³-hybridized carbons (Fsp3) is 0.935. The Morgan fingerprint density at radius 1 is 1.09 bits per heavy atom. The fourth-order valence-electron chi connectivity index (χ4n) is 9.47. The minimum atomic E-state index is -0.0138. The zero-order valence-corrected chi connectivity index (χ0v) is 23.6. The third kappa shape index (κ3) is 5.29. The molecule has 1 saturated heterocycles. The number of hydrogen-bond acceptors (Lipinski definition) is 3. The highest BCUT2D eigenvalue weighted by molar-refractivity contribution is 7.94. The first-order valence-electron chi connectivity index (χ1n) is 15.2. The van der Waals surface area contributed by atoms with Crippen molar-refractivity contribution >= 4 is 12.1 Å². The first kappa shape index (κ1) is 26.5. The van der Waals surface area contributed by atoms with Crippen LogP contribution in [-0.4, -0.2) is 24.8 Å². The largest absolute Gasteiger partial charge is 0.353 e. The van der Waals surface area contributed by atoms with Crippen molar-refractivity contribution in [1.82, 2.24) is 0 Å². The predicted molar refractivity (Wildman–Crippen MR) is 145 cm³/mol. The SMILES string of the molecule is CC(C)CCCCC1CCC2C3CC=C4CC(OC5CCCCO5)CCC4(CSF)C3CCC12C. The molecule has 0 aromatic rings. The molecule has 0 N–H and O–H groups in total. The lowest BCUT2D eigenvalue weighted by Crippen LogP contribution is -2.52. The summed E-state index contributed by atoms with van der Waals surface area (Å²) in [5.41, 5.74) is 2.14. The summed E-state index contributed by atoms with van der Waals surface area (Å²) in [5.74, 6) is 4.70. The Morgan fingerprint density at radius 2 is 1.97 bits per heavy atom. The molecule has 2 nitrogen and oxygen atoms in total. The van der Waals surface area contributed by atoms with Crippen LogP contribution in [0.4, 0.5) is 3.89 Å². The van der Waals surface area contributed by atoms with Gasteiger partial charge in [-0.2, -0.15) is 3.89 Å². The molecule has 200 valence electrons. The van der Waals surface area contributed by atoms with Gasteiger partial charge in [0.2, 0.25) is 0 Å². The normalized spacial score (nSPS) is 43.4. The Balaban J connectivity index is 1.27. The van der Waals surface area contributed by atoms with E-state index in [0.29, 0.717) is 29.2 Å². The van der Waals surface area contributed by atoms with Crippen LogP contribution in [0.5, 0.6) is 0 Å². The van der Waals surface area contributed by atoms with Crippen molar-refractivity contribution in [2.75, 3.05) is 12.4 Å². The molecule has 5 aliphatic rings. The van der Waals surface area contributed by atoms with Crippen molar-refractivity contribution in [2.45, 2.75) is 129 Å². The molecule has 0 radical (unpaired) electrons. The van der Waals surface area contributed by atoms with E-state index in [4.69, 9.17) is 9.47 Å². The van der Waals surface area contributed by atoms with Gasteiger partial charge in [-0.15, -0.1) is 0 Å². The van der Waals surface area contributed by atoms with Crippen LogP contribution >= 0.6 is 12.1 Å². The standard InChI is InChI=1S/C31H51FO2S/c1-22(2)8-4-5-9-23-12-14-27-26-13-11-24-20-25(34-29-10-6-7-19-33-29)15-18-31(24,21-35-32)28(26)16-17-30(23,27)3/h11,22-23,25-29H,4-10,12-21H2,1-3H3. The minimum Gasteiger partial charge on any atom is -0.353 e. The van der Waals surface area contributed by atoms with E-state index in [1.165, 1.54) is 64.2 Å². The van der Waals surface area contributed by atoms with Crippen molar-refractivity contribution in [1.29, 1.82) is 0 Å². The Bertz CT molecular complexity index is 733. The van der Waals surface area contributed by atoms with Crippen LogP contribution in [0.15, 0.2) is 11.6 Å². The van der Waals surface area contributed by atoms with Crippen LogP contribution < -0.4 is 0 Å². The van der Waals surface area contributed by atoms with Gasteiger partial charge in [-0.25, -0.2) is 0 Å². The number of ether oxygens (including phenoxy) is 2. The first-order valence-corrected chi connectivity index (χ1v) is 16.0. The van der Waals surface area contributed by atoms with Crippen molar-refractivity contribution in [3.63, 3.8) is 0 Å². The Morgan fingerprint density at radius 3 is 2.74 bits per heavy atom. The first-order chi connectivity index (χ1) is 17.0. The summed E-state index contributed by atoms with van der Waals surface area (Å²) in [6.45, 7) is 8.20. The molecule has 8 unspecified atom stereocenters. The van der Waals surface area contributed by atoms with Crippen molar-refractivity contribution in [3.05, 3.63) is 11.6 Å². The zero-order valence-electron chi connectivity index (χ0n) is 22.7. The molecule has 0 amide bonds. The second-order valence-corrected chi connectivity index (χ2v) is 14.1. The summed E-state index contributed by atoms with van der Waals surface area (Å²) in [4.78, 5) is 0. The van der Waals surface area contributed by atoms with Crippen molar-refractivity contribution < 1.29 is 13.4 Å². The van der Waals surface area contributed by atoms with E-state index in [1.54, 1.807) is 5.57 Å². The van der Waals surface area contributed by atoms with E-state index in [9.17, 15) is 3.89 Å².